The number of alkyl halides is 1. The van der Waals surface area contributed by atoms with E-state index in [-0.39, 0.29) is 11.9 Å². The normalized spacial score (nSPS) is 12.2. The third kappa shape index (κ3) is 4.15. The number of carbonyl (C=O) groups is 1. The standard InChI is InChI=1S/C14H20BrNO/c1-10-6-4-7-11(2)13(10)14(17)16-12(3)8-5-9-15/h4,6-7,12H,5,8-9H2,1-3H3,(H,16,17). The van der Waals surface area contributed by atoms with Crippen LogP contribution in [-0.2, 0) is 0 Å². The van der Waals surface area contributed by atoms with Crippen LogP contribution in [0.5, 0.6) is 0 Å². The van der Waals surface area contributed by atoms with Crippen LogP contribution in [-0.4, -0.2) is 17.3 Å². The fourth-order valence-electron chi connectivity index (χ4n) is 1.92. The molecule has 1 atom stereocenters. The number of hydrogen-bond acceptors (Lipinski definition) is 1. The molecule has 17 heavy (non-hydrogen) atoms. The van der Waals surface area contributed by atoms with Crippen LogP contribution in [0.4, 0.5) is 0 Å². The van der Waals surface area contributed by atoms with Gasteiger partial charge in [0.25, 0.3) is 5.91 Å². The van der Waals surface area contributed by atoms with Crippen molar-refractivity contribution < 1.29 is 4.79 Å². The average Bonchev–Trinajstić information content (AvgIpc) is 2.26. The van der Waals surface area contributed by atoms with E-state index in [1.807, 2.05) is 39.0 Å². The van der Waals surface area contributed by atoms with Gasteiger partial charge in [-0.3, -0.25) is 4.79 Å². The molecule has 1 N–H and O–H groups in total. The Hall–Kier alpha value is -0.830. The molecular formula is C14H20BrNO. The molecule has 0 aliphatic heterocycles. The lowest BCUT2D eigenvalue weighted by atomic mass is 10.0. The second-order valence-corrected chi connectivity index (χ2v) is 5.27. The molecule has 1 amide bonds. The van der Waals surface area contributed by atoms with Crippen molar-refractivity contribution >= 4 is 21.8 Å². The number of nitrogens with one attached hydrogen (secondary N) is 1. The summed E-state index contributed by atoms with van der Waals surface area (Å²) in [6, 6.07) is 6.16. The van der Waals surface area contributed by atoms with E-state index >= 15 is 0 Å². The number of halogens is 1. The van der Waals surface area contributed by atoms with Crippen molar-refractivity contribution in [1.29, 1.82) is 0 Å². The predicted molar refractivity (Wildman–Crippen MR) is 75.9 cm³/mol. The van der Waals surface area contributed by atoms with Crippen LogP contribution in [0.2, 0.25) is 0 Å². The largest absolute Gasteiger partial charge is 0.350 e. The minimum absolute atomic E-state index is 0.0441. The first-order chi connectivity index (χ1) is 8.06. The van der Waals surface area contributed by atoms with E-state index in [0.29, 0.717) is 0 Å². The van der Waals surface area contributed by atoms with Gasteiger partial charge in [0.2, 0.25) is 0 Å². The van der Waals surface area contributed by atoms with Crippen LogP contribution in [0.1, 0.15) is 41.3 Å². The van der Waals surface area contributed by atoms with E-state index in [1.54, 1.807) is 0 Å². The summed E-state index contributed by atoms with van der Waals surface area (Å²) in [6.07, 6.45) is 2.08. The van der Waals surface area contributed by atoms with Crippen LogP contribution in [0, 0.1) is 13.8 Å². The van der Waals surface area contributed by atoms with Crippen molar-refractivity contribution in [3.8, 4) is 0 Å². The summed E-state index contributed by atoms with van der Waals surface area (Å²) >= 11 is 3.40. The minimum Gasteiger partial charge on any atom is -0.350 e. The van der Waals surface area contributed by atoms with Gasteiger partial charge in [-0.1, -0.05) is 34.1 Å². The molecule has 0 spiro atoms. The van der Waals surface area contributed by atoms with E-state index < -0.39 is 0 Å². The molecule has 2 nitrogen and oxygen atoms in total. The zero-order valence-corrected chi connectivity index (χ0v) is 12.3. The molecule has 0 fully saturated rings. The van der Waals surface area contributed by atoms with Crippen LogP contribution in [0.15, 0.2) is 18.2 Å². The average molecular weight is 298 g/mol. The van der Waals surface area contributed by atoms with Gasteiger partial charge in [0, 0.05) is 16.9 Å². The fraction of sp³-hybridized carbons (Fsp3) is 0.500. The minimum atomic E-state index is 0.0441. The topological polar surface area (TPSA) is 29.1 Å². The maximum atomic E-state index is 12.1. The summed E-state index contributed by atoms with van der Waals surface area (Å²) in [5.41, 5.74) is 2.89. The number of carbonyl (C=O) groups excluding carboxylic acids is 1. The first kappa shape index (κ1) is 14.2. The Balaban J connectivity index is 2.70. The third-order valence-electron chi connectivity index (χ3n) is 2.86. The smallest absolute Gasteiger partial charge is 0.252 e. The molecule has 1 aromatic rings. The van der Waals surface area contributed by atoms with Crippen molar-refractivity contribution in [2.45, 2.75) is 39.7 Å². The molecule has 1 rings (SSSR count). The third-order valence-corrected chi connectivity index (χ3v) is 3.42. The van der Waals surface area contributed by atoms with Gasteiger partial charge >= 0.3 is 0 Å². The highest BCUT2D eigenvalue weighted by atomic mass is 79.9. The highest BCUT2D eigenvalue weighted by molar-refractivity contribution is 9.09. The van der Waals surface area contributed by atoms with Gasteiger partial charge in [0.1, 0.15) is 0 Å². The van der Waals surface area contributed by atoms with Crippen LogP contribution in [0.3, 0.4) is 0 Å². The molecule has 0 radical (unpaired) electrons. The molecule has 0 aromatic heterocycles. The second kappa shape index (κ2) is 6.80. The summed E-state index contributed by atoms with van der Waals surface area (Å²) in [4.78, 5) is 12.1. The number of aryl methyl sites for hydroxylation is 2. The molecule has 0 heterocycles. The van der Waals surface area contributed by atoms with Gasteiger partial charge in [-0.2, -0.15) is 0 Å². The van der Waals surface area contributed by atoms with Crippen LogP contribution < -0.4 is 5.32 Å². The fourth-order valence-corrected chi connectivity index (χ4v) is 2.25. The molecule has 1 aromatic carbocycles. The lowest BCUT2D eigenvalue weighted by molar-refractivity contribution is 0.0937. The Morgan fingerprint density at radius 3 is 2.47 bits per heavy atom. The second-order valence-electron chi connectivity index (χ2n) is 4.47. The van der Waals surface area contributed by atoms with Crippen molar-refractivity contribution in [3.63, 3.8) is 0 Å². The highest BCUT2D eigenvalue weighted by Gasteiger charge is 2.13. The number of amides is 1. The lowest BCUT2D eigenvalue weighted by Crippen LogP contribution is -2.33. The molecular weight excluding hydrogens is 278 g/mol. The van der Waals surface area contributed by atoms with Crippen molar-refractivity contribution in [2.75, 3.05) is 5.33 Å². The van der Waals surface area contributed by atoms with Crippen molar-refractivity contribution in [3.05, 3.63) is 34.9 Å². The molecule has 0 saturated heterocycles. The SMILES string of the molecule is Cc1cccc(C)c1C(=O)NC(C)CCCBr. The van der Waals surface area contributed by atoms with Crippen molar-refractivity contribution in [2.24, 2.45) is 0 Å². The lowest BCUT2D eigenvalue weighted by Gasteiger charge is -2.15. The van der Waals surface area contributed by atoms with E-state index in [9.17, 15) is 4.79 Å². The maximum absolute atomic E-state index is 12.1. The quantitative estimate of drug-likeness (QED) is 0.827. The first-order valence-electron chi connectivity index (χ1n) is 5.99. The Bertz CT molecular complexity index is 370. The Labute approximate surface area is 112 Å². The Morgan fingerprint density at radius 1 is 1.35 bits per heavy atom. The first-order valence-corrected chi connectivity index (χ1v) is 7.11. The van der Waals surface area contributed by atoms with E-state index in [2.05, 4.69) is 21.2 Å². The summed E-state index contributed by atoms with van der Waals surface area (Å²) in [5.74, 6) is 0.0441. The maximum Gasteiger partial charge on any atom is 0.252 e. The number of rotatable bonds is 5. The molecule has 0 bridgehead atoms. The van der Waals surface area contributed by atoms with Gasteiger partial charge in [-0.05, 0) is 44.7 Å². The highest BCUT2D eigenvalue weighted by Crippen LogP contribution is 2.13. The van der Waals surface area contributed by atoms with Crippen LogP contribution >= 0.6 is 15.9 Å². The van der Waals surface area contributed by atoms with E-state index in [1.165, 1.54) is 0 Å². The van der Waals surface area contributed by atoms with Gasteiger partial charge in [0.05, 0.1) is 0 Å². The van der Waals surface area contributed by atoms with Gasteiger partial charge in [-0.25, -0.2) is 0 Å². The summed E-state index contributed by atoms with van der Waals surface area (Å²) in [7, 11) is 0. The summed E-state index contributed by atoms with van der Waals surface area (Å²) in [6.45, 7) is 6.00. The number of hydrogen-bond donors (Lipinski definition) is 1. The van der Waals surface area contributed by atoms with E-state index in [0.717, 1.165) is 34.9 Å². The zero-order valence-electron chi connectivity index (χ0n) is 10.7. The zero-order chi connectivity index (χ0) is 12.8. The molecule has 0 aliphatic carbocycles. The Kier molecular flexibility index (Phi) is 5.69. The molecule has 0 aliphatic rings. The van der Waals surface area contributed by atoms with Gasteiger partial charge < -0.3 is 5.32 Å². The Morgan fingerprint density at radius 2 is 1.94 bits per heavy atom. The molecule has 94 valence electrons. The summed E-state index contributed by atoms with van der Waals surface area (Å²) in [5, 5.41) is 4.04. The molecule has 0 saturated carbocycles. The molecule has 1 unspecified atom stereocenters. The van der Waals surface area contributed by atoms with Gasteiger partial charge in [0.15, 0.2) is 0 Å². The van der Waals surface area contributed by atoms with Gasteiger partial charge in [-0.15, -0.1) is 0 Å². The predicted octanol–water partition coefficient (Wildman–Crippen LogP) is 3.60. The molecule has 3 heteroatoms. The van der Waals surface area contributed by atoms with Crippen LogP contribution in [0.25, 0.3) is 0 Å². The van der Waals surface area contributed by atoms with Crippen molar-refractivity contribution in [1.82, 2.24) is 5.32 Å². The monoisotopic (exact) mass is 297 g/mol. The number of benzene rings is 1. The van der Waals surface area contributed by atoms with E-state index in [4.69, 9.17) is 0 Å². The summed E-state index contributed by atoms with van der Waals surface area (Å²) < 4.78 is 0.